The van der Waals surface area contributed by atoms with Crippen LogP contribution in [0.2, 0.25) is 0 Å². The highest BCUT2D eigenvalue weighted by molar-refractivity contribution is 9.10. The normalized spacial score (nSPS) is 15.1. The van der Waals surface area contributed by atoms with Crippen molar-refractivity contribution in [1.82, 2.24) is 19.7 Å². The highest BCUT2D eigenvalue weighted by Gasteiger charge is 2.28. The molecule has 0 spiro atoms. The number of rotatable bonds is 3. The molecule has 7 heteroatoms. The molecule has 88 valence electrons. The molecule has 6 nitrogen and oxygen atoms in total. The fourth-order valence-electron chi connectivity index (χ4n) is 1.52. The van der Waals surface area contributed by atoms with Gasteiger partial charge in [-0.25, -0.2) is 4.98 Å². The molecule has 2 heterocycles. The number of hydrogen-bond acceptors (Lipinski definition) is 5. The molecular formula is C10H9BrN4O2. The molecule has 2 aromatic rings. The summed E-state index contributed by atoms with van der Waals surface area (Å²) >= 11 is 3.14. The molecule has 0 aromatic carbocycles. The van der Waals surface area contributed by atoms with Gasteiger partial charge in [0.25, 0.3) is 5.56 Å². The summed E-state index contributed by atoms with van der Waals surface area (Å²) in [5.41, 5.74) is -0.161. The van der Waals surface area contributed by atoms with Crippen LogP contribution >= 0.6 is 15.9 Å². The molecule has 1 fully saturated rings. The maximum absolute atomic E-state index is 11.7. The Morgan fingerprint density at radius 2 is 2.35 bits per heavy atom. The van der Waals surface area contributed by atoms with Crippen LogP contribution in [0.5, 0.6) is 0 Å². The number of nitrogens with zero attached hydrogens (tertiary/aromatic N) is 4. The van der Waals surface area contributed by atoms with Crippen LogP contribution in [0.25, 0.3) is 0 Å². The first-order valence-electron chi connectivity index (χ1n) is 5.26. The second-order valence-corrected chi connectivity index (χ2v) is 4.85. The quantitative estimate of drug-likeness (QED) is 0.854. The van der Waals surface area contributed by atoms with E-state index in [1.807, 2.05) is 0 Å². The summed E-state index contributed by atoms with van der Waals surface area (Å²) in [6.45, 7) is 0.255. The van der Waals surface area contributed by atoms with E-state index in [1.54, 1.807) is 0 Å². The van der Waals surface area contributed by atoms with Gasteiger partial charge < -0.3 is 4.52 Å². The van der Waals surface area contributed by atoms with E-state index in [0.717, 1.165) is 18.7 Å². The molecule has 0 unspecified atom stereocenters. The Balaban J connectivity index is 1.85. The molecule has 17 heavy (non-hydrogen) atoms. The van der Waals surface area contributed by atoms with Gasteiger partial charge in [0, 0.05) is 12.1 Å². The lowest BCUT2D eigenvalue weighted by Crippen LogP contribution is -2.21. The summed E-state index contributed by atoms with van der Waals surface area (Å²) in [5, 5.41) is 3.89. The van der Waals surface area contributed by atoms with Crippen LogP contribution in [0.4, 0.5) is 0 Å². The molecule has 0 atom stereocenters. The van der Waals surface area contributed by atoms with E-state index in [-0.39, 0.29) is 12.1 Å². The Labute approximate surface area is 105 Å². The predicted octanol–water partition coefficient (Wildman–Crippen LogP) is 1.31. The van der Waals surface area contributed by atoms with Gasteiger partial charge in [0.1, 0.15) is 11.0 Å². The van der Waals surface area contributed by atoms with Crippen LogP contribution in [0.15, 0.2) is 26.3 Å². The van der Waals surface area contributed by atoms with Gasteiger partial charge in [-0.1, -0.05) is 5.16 Å². The third-order valence-electron chi connectivity index (χ3n) is 2.59. The molecule has 0 saturated heterocycles. The van der Waals surface area contributed by atoms with Crippen molar-refractivity contribution in [3.05, 3.63) is 39.1 Å². The molecule has 0 N–H and O–H groups in total. The number of aromatic nitrogens is 4. The van der Waals surface area contributed by atoms with Gasteiger partial charge in [-0.05, 0) is 28.8 Å². The zero-order chi connectivity index (χ0) is 11.8. The van der Waals surface area contributed by atoms with Crippen LogP contribution < -0.4 is 5.56 Å². The average molecular weight is 297 g/mol. The highest BCUT2D eigenvalue weighted by atomic mass is 79.9. The SMILES string of the molecule is O=c1c(Br)cncn1Cc1nc(C2CC2)no1. The second kappa shape index (κ2) is 4.06. The smallest absolute Gasteiger partial charge is 0.268 e. The minimum Gasteiger partial charge on any atom is -0.337 e. The molecular weight excluding hydrogens is 288 g/mol. The maximum Gasteiger partial charge on any atom is 0.268 e. The van der Waals surface area contributed by atoms with Crippen molar-refractivity contribution in [3.8, 4) is 0 Å². The molecule has 1 aliphatic rings. The van der Waals surface area contributed by atoms with Gasteiger partial charge in [0.05, 0.1) is 6.33 Å². The molecule has 0 amide bonds. The second-order valence-electron chi connectivity index (χ2n) is 4.00. The minimum atomic E-state index is -0.161. The molecule has 1 saturated carbocycles. The Hall–Kier alpha value is -1.50. The first kappa shape index (κ1) is 10.6. The minimum absolute atomic E-state index is 0.161. The lowest BCUT2D eigenvalue weighted by Gasteiger charge is -2.00. The monoisotopic (exact) mass is 296 g/mol. The van der Waals surface area contributed by atoms with Gasteiger partial charge >= 0.3 is 0 Å². The Morgan fingerprint density at radius 1 is 1.53 bits per heavy atom. The Morgan fingerprint density at radius 3 is 3.12 bits per heavy atom. The van der Waals surface area contributed by atoms with E-state index in [1.165, 1.54) is 17.1 Å². The van der Waals surface area contributed by atoms with Crippen molar-refractivity contribution < 1.29 is 4.52 Å². The molecule has 2 aromatic heterocycles. The van der Waals surface area contributed by atoms with Crippen molar-refractivity contribution in [3.63, 3.8) is 0 Å². The summed E-state index contributed by atoms with van der Waals surface area (Å²) in [6.07, 6.45) is 5.16. The molecule has 3 rings (SSSR count). The lowest BCUT2D eigenvalue weighted by molar-refractivity contribution is 0.364. The topological polar surface area (TPSA) is 73.8 Å². The zero-order valence-corrected chi connectivity index (χ0v) is 10.4. The number of hydrogen-bond donors (Lipinski definition) is 0. The highest BCUT2D eigenvalue weighted by Crippen LogP contribution is 2.38. The fraction of sp³-hybridized carbons (Fsp3) is 0.400. The summed E-state index contributed by atoms with van der Waals surface area (Å²) < 4.78 is 6.94. The van der Waals surface area contributed by atoms with Gasteiger partial charge in [0.2, 0.25) is 5.89 Å². The maximum atomic E-state index is 11.7. The predicted molar refractivity (Wildman–Crippen MR) is 61.6 cm³/mol. The number of halogens is 1. The standard InChI is InChI=1S/C10H9BrN4O2/c11-7-3-12-5-15(10(7)16)4-8-13-9(14-17-8)6-1-2-6/h3,5-6H,1-2,4H2. The van der Waals surface area contributed by atoms with Gasteiger partial charge in [-0.15, -0.1) is 0 Å². The van der Waals surface area contributed by atoms with Crippen molar-refractivity contribution in [2.24, 2.45) is 0 Å². The summed E-state index contributed by atoms with van der Waals surface area (Å²) in [5.74, 6) is 1.63. The zero-order valence-electron chi connectivity index (χ0n) is 8.84. The third-order valence-corrected chi connectivity index (χ3v) is 3.13. The molecule has 0 radical (unpaired) electrons. The summed E-state index contributed by atoms with van der Waals surface area (Å²) in [4.78, 5) is 19.9. The Kier molecular flexibility index (Phi) is 2.54. The van der Waals surface area contributed by atoms with Crippen LogP contribution in [0.3, 0.4) is 0 Å². The summed E-state index contributed by atoms with van der Waals surface area (Å²) in [6, 6.07) is 0. The van der Waals surface area contributed by atoms with E-state index in [9.17, 15) is 4.79 Å². The van der Waals surface area contributed by atoms with Crippen LogP contribution in [-0.4, -0.2) is 19.7 Å². The molecule has 0 aliphatic heterocycles. The van der Waals surface area contributed by atoms with Crippen LogP contribution in [-0.2, 0) is 6.54 Å². The van der Waals surface area contributed by atoms with Crippen molar-refractivity contribution in [1.29, 1.82) is 0 Å². The van der Waals surface area contributed by atoms with Crippen molar-refractivity contribution in [2.45, 2.75) is 25.3 Å². The third kappa shape index (κ3) is 2.14. The fourth-order valence-corrected chi connectivity index (χ4v) is 1.87. The van der Waals surface area contributed by atoms with Crippen LogP contribution in [0.1, 0.15) is 30.5 Å². The van der Waals surface area contributed by atoms with Gasteiger partial charge in [-0.3, -0.25) is 9.36 Å². The largest absolute Gasteiger partial charge is 0.337 e. The summed E-state index contributed by atoms with van der Waals surface area (Å²) in [7, 11) is 0. The molecule has 1 aliphatic carbocycles. The first-order valence-corrected chi connectivity index (χ1v) is 6.06. The Bertz CT molecular complexity index is 602. The lowest BCUT2D eigenvalue weighted by atomic mass is 10.4. The van der Waals surface area contributed by atoms with E-state index >= 15 is 0 Å². The van der Waals surface area contributed by atoms with E-state index in [2.05, 4.69) is 31.1 Å². The average Bonchev–Trinajstić information content (AvgIpc) is 3.06. The van der Waals surface area contributed by atoms with Crippen molar-refractivity contribution >= 4 is 15.9 Å². The van der Waals surface area contributed by atoms with Gasteiger partial charge in [0.15, 0.2) is 5.82 Å². The first-order chi connectivity index (χ1) is 8.24. The van der Waals surface area contributed by atoms with E-state index in [4.69, 9.17) is 4.52 Å². The van der Waals surface area contributed by atoms with Crippen LogP contribution in [0, 0.1) is 0 Å². The van der Waals surface area contributed by atoms with Gasteiger partial charge in [-0.2, -0.15) is 4.98 Å². The van der Waals surface area contributed by atoms with Crippen molar-refractivity contribution in [2.75, 3.05) is 0 Å². The van der Waals surface area contributed by atoms with E-state index < -0.39 is 0 Å². The molecule has 0 bridgehead atoms. The van der Waals surface area contributed by atoms with E-state index in [0.29, 0.717) is 16.3 Å².